The molecule has 5 nitrogen and oxygen atoms in total. The van der Waals surface area contributed by atoms with Crippen molar-refractivity contribution in [2.24, 2.45) is 0 Å². The van der Waals surface area contributed by atoms with Crippen molar-refractivity contribution in [3.8, 4) is 0 Å². The summed E-state index contributed by atoms with van der Waals surface area (Å²) in [5.41, 5.74) is 1.06. The Hall–Kier alpha value is -1.83. The summed E-state index contributed by atoms with van der Waals surface area (Å²) in [4.78, 5) is 6.81. The van der Waals surface area contributed by atoms with E-state index in [4.69, 9.17) is 12.2 Å². The van der Waals surface area contributed by atoms with Gasteiger partial charge in [-0.3, -0.25) is 4.90 Å². The highest BCUT2D eigenvalue weighted by Gasteiger charge is 2.08. The summed E-state index contributed by atoms with van der Waals surface area (Å²) in [6, 6.07) is 8.20. The van der Waals surface area contributed by atoms with Gasteiger partial charge in [0.25, 0.3) is 0 Å². The zero-order chi connectivity index (χ0) is 15.5. The van der Waals surface area contributed by atoms with E-state index >= 15 is 0 Å². The van der Waals surface area contributed by atoms with E-state index in [9.17, 15) is 0 Å². The van der Waals surface area contributed by atoms with E-state index in [0.29, 0.717) is 18.0 Å². The number of para-hydroxylation sites is 1. The van der Waals surface area contributed by atoms with Crippen molar-refractivity contribution in [1.82, 2.24) is 24.2 Å². The van der Waals surface area contributed by atoms with Gasteiger partial charge in [-0.05, 0) is 31.4 Å². The first-order valence-corrected chi connectivity index (χ1v) is 8.16. The molecule has 2 heterocycles. The standard InChI is InChI=1S/C15H17N5S2/c1-3-8-19-10-16-20(15(19)21)11-18(2)9-14-17-12-6-4-5-7-13(12)22-14/h3-7,10H,1,8-9,11H2,2H3. The maximum Gasteiger partial charge on any atom is 0.199 e. The quantitative estimate of drug-likeness (QED) is 0.513. The van der Waals surface area contributed by atoms with Gasteiger partial charge in [0.1, 0.15) is 11.3 Å². The van der Waals surface area contributed by atoms with E-state index < -0.39 is 0 Å². The summed E-state index contributed by atoms with van der Waals surface area (Å²) in [7, 11) is 2.04. The normalized spacial score (nSPS) is 11.4. The van der Waals surface area contributed by atoms with E-state index in [1.807, 2.05) is 40.6 Å². The molecule has 0 saturated heterocycles. The monoisotopic (exact) mass is 331 g/mol. The van der Waals surface area contributed by atoms with Crippen LogP contribution in [0.4, 0.5) is 0 Å². The minimum atomic E-state index is 0.638. The summed E-state index contributed by atoms with van der Waals surface area (Å²) < 4.78 is 5.63. The van der Waals surface area contributed by atoms with Crippen LogP contribution < -0.4 is 0 Å². The predicted molar refractivity (Wildman–Crippen MR) is 92.3 cm³/mol. The Balaban J connectivity index is 1.70. The van der Waals surface area contributed by atoms with Gasteiger partial charge >= 0.3 is 0 Å². The maximum absolute atomic E-state index is 5.40. The Morgan fingerprint density at radius 2 is 2.23 bits per heavy atom. The molecule has 0 fully saturated rings. The lowest BCUT2D eigenvalue weighted by Gasteiger charge is -2.14. The Kier molecular flexibility index (Phi) is 4.47. The molecule has 0 amide bonds. The molecule has 3 aromatic rings. The zero-order valence-electron chi connectivity index (χ0n) is 12.3. The lowest BCUT2D eigenvalue weighted by molar-refractivity contribution is 0.243. The molecule has 7 heteroatoms. The minimum absolute atomic E-state index is 0.638. The van der Waals surface area contributed by atoms with Gasteiger partial charge in [0.15, 0.2) is 4.77 Å². The van der Waals surface area contributed by atoms with Crippen LogP contribution in [0.1, 0.15) is 5.01 Å². The first-order valence-electron chi connectivity index (χ1n) is 6.93. The Bertz CT molecular complexity index is 812. The van der Waals surface area contributed by atoms with Gasteiger partial charge in [0, 0.05) is 6.54 Å². The second-order valence-corrected chi connectivity index (χ2v) is 6.57. The number of allylic oxidation sites excluding steroid dienone is 1. The fourth-order valence-electron chi connectivity index (χ4n) is 2.23. The van der Waals surface area contributed by atoms with Crippen LogP contribution in [0.3, 0.4) is 0 Å². The molecular weight excluding hydrogens is 314 g/mol. The van der Waals surface area contributed by atoms with Gasteiger partial charge in [-0.2, -0.15) is 5.10 Å². The van der Waals surface area contributed by atoms with E-state index in [1.165, 1.54) is 4.70 Å². The Morgan fingerprint density at radius 1 is 1.41 bits per heavy atom. The van der Waals surface area contributed by atoms with Crippen LogP contribution in [-0.2, 0) is 19.8 Å². The predicted octanol–water partition coefficient (Wildman–Crippen LogP) is 3.30. The molecule has 3 rings (SSSR count). The first kappa shape index (κ1) is 15.1. The van der Waals surface area contributed by atoms with Gasteiger partial charge < -0.3 is 4.57 Å². The molecule has 2 aromatic heterocycles. The number of benzene rings is 1. The number of fused-ring (bicyclic) bond motifs is 1. The third-order valence-electron chi connectivity index (χ3n) is 3.24. The second kappa shape index (κ2) is 6.51. The van der Waals surface area contributed by atoms with Gasteiger partial charge in [0.2, 0.25) is 0 Å². The molecule has 0 atom stereocenters. The number of rotatable bonds is 6. The summed E-state index contributed by atoms with van der Waals surface area (Å²) in [6.45, 7) is 5.81. The average molecular weight is 331 g/mol. The van der Waals surface area contributed by atoms with Crippen molar-refractivity contribution in [1.29, 1.82) is 0 Å². The molecule has 0 radical (unpaired) electrons. The van der Waals surface area contributed by atoms with Crippen LogP contribution in [0.15, 0.2) is 43.2 Å². The Labute approximate surface area is 138 Å². The van der Waals surface area contributed by atoms with E-state index in [1.54, 1.807) is 17.7 Å². The van der Waals surface area contributed by atoms with Crippen molar-refractivity contribution >= 4 is 33.8 Å². The highest BCUT2D eigenvalue weighted by atomic mass is 32.1. The zero-order valence-corrected chi connectivity index (χ0v) is 14.0. The van der Waals surface area contributed by atoms with Gasteiger partial charge in [-0.25, -0.2) is 9.67 Å². The minimum Gasteiger partial charge on any atom is -0.303 e. The van der Waals surface area contributed by atoms with Gasteiger partial charge in [0.05, 0.1) is 23.4 Å². The molecule has 0 aliphatic carbocycles. The molecule has 0 N–H and O–H groups in total. The summed E-state index contributed by atoms with van der Waals surface area (Å²) in [5.74, 6) is 0. The van der Waals surface area contributed by atoms with Crippen molar-refractivity contribution in [2.45, 2.75) is 19.8 Å². The van der Waals surface area contributed by atoms with Crippen molar-refractivity contribution < 1.29 is 0 Å². The molecule has 1 aromatic carbocycles. The lowest BCUT2D eigenvalue weighted by Crippen LogP contribution is -2.22. The van der Waals surface area contributed by atoms with Crippen LogP contribution in [0.5, 0.6) is 0 Å². The molecule has 22 heavy (non-hydrogen) atoms. The fourth-order valence-corrected chi connectivity index (χ4v) is 3.50. The third kappa shape index (κ3) is 3.16. The highest BCUT2D eigenvalue weighted by molar-refractivity contribution is 7.71. The largest absolute Gasteiger partial charge is 0.303 e. The van der Waals surface area contributed by atoms with E-state index in [0.717, 1.165) is 17.1 Å². The smallest absolute Gasteiger partial charge is 0.199 e. The van der Waals surface area contributed by atoms with Crippen LogP contribution in [0, 0.1) is 4.77 Å². The second-order valence-electron chi connectivity index (χ2n) is 5.09. The third-order valence-corrected chi connectivity index (χ3v) is 4.71. The number of aromatic nitrogens is 4. The number of hydrogen-bond donors (Lipinski definition) is 0. The van der Waals surface area contributed by atoms with Crippen molar-refractivity contribution in [2.75, 3.05) is 7.05 Å². The summed E-state index contributed by atoms with van der Waals surface area (Å²) >= 11 is 7.13. The summed E-state index contributed by atoms with van der Waals surface area (Å²) in [6.07, 6.45) is 3.56. The molecular formula is C15H17N5S2. The molecule has 0 aliphatic heterocycles. The topological polar surface area (TPSA) is 38.9 Å². The van der Waals surface area contributed by atoms with Crippen molar-refractivity contribution in [3.05, 3.63) is 53.0 Å². The molecule has 0 saturated carbocycles. The van der Waals surface area contributed by atoms with E-state index in [2.05, 4.69) is 27.6 Å². The lowest BCUT2D eigenvalue weighted by atomic mass is 10.3. The molecule has 0 spiro atoms. The highest BCUT2D eigenvalue weighted by Crippen LogP contribution is 2.22. The van der Waals surface area contributed by atoms with Crippen LogP contribution in [0.2, 0.25) is 0 Å². The average Bonchev–Trinajstić information content (AvgIpc) is 3.05. The summed E-state index contributed by atoms with van der Waals surface area (Å²) in [5, 5.41) is 5.43. The van der Waals surface area contributed by atoms with Crippen LogP contribution in [-0.4, -0.2) is 31.3 Å². The number of nitrogens with zero attached hydrogens (tertiary/aromatic N) is 5. The van der Waals surface area contributed by atoms with E-state index in [-0.39, 0.29) is 0 Å². The fraction of sp³-hybridized carbons (Fsp3) is 0.267. The van der Waals surface area contributed by atoms with Gasteiger partial charge in [-0.1, -0.05) is 18.2 Å². The number of thiazole rings is 1. The van der Waals surface area contributed by atoms with Crippen molar-refractivity contribution in [3.63, 3.8) is 0 Å². The van der Waals surface area contributed by atoms with Gasteiger partial charge in [-0.15, -0.1) is 17.9 Å². The Morgan fingerprint density at radius 3 is 3.00 bits per heavy atom. The SMILES string of the molecule is C=CCn1cnn(CN(C)Cc2nc3ccccc3s2)c1=S. The number of hydrogen-bond acceptors (Lipinski definition) is 5. The van der Waals surface area contributed by atoms with Crippen LogP contribution in [0.25, 0.3) is 10.2 Å². The van der Waals surface area contributed by atoms with Crippen LogP contribution >= 0.6 is 23.6 Å². The molecule has 0 aliphatic rings. The molecule has 0 bridgehead atoms. The molecule has 0 unspecified atom stereocenters. The molecule has 114 valence electrons. The first-order chi connectivity index (χ1) is 10.7. The maximum atomic E-state index is 5.40.